The Kier molecular flexibility index (Phi) is 3.65. The van der Waals surface area contributed by atoms with Gasteiger partial charge in [-0.1, -0.05) is 25.1 Å². The van der Waals surface area contributed by atoms with E-state index in [1.807, 2.05) is 6.92 Å². The Morgan fingerprint density at radius 2 is 1.87 bits per heavy atom. The van der Waals surface area contributed by atoms with Gasteiger partial charge in [-0.15, -0.1) is 0 Å². The average Bonchev–Trinajstić information content (AvgIpc) is 2.53. The lowest BCUT2D eigenvalue weighted by atomic mass is 10.0. The molecule has 3 aromatic rings. The van der Waals surface area contributed by atoms with Gasteiger partial charge in [-0.2, -0.15) is 0 Å². The molecule has 0 aliphatic rings. The van der Waals surface area contributed by atoms with E-state index in [4.69, 9.17) is 4.42 Å². The van der Waals surface area contributed by atoms with E-state index in [0.717, 1.165) is 0 Å². The zero-order valence-corrected chi connectivity index (χ0v) is 12.4. The summed E-state index contributed by atoms with van der Waals surface area (Å²) in [6, 6.07) is 9.48. The first-order valence-electron chi connectivity index (χ1n) is 7.20. The molecule has 1 aromatic heterocycles. The number of benzene rings is 2. The van der Waals surface area contributed by atoms with Gasteiger partial charge in [0.15, 0.2) is 5.78 Å². The van der Waals surface area contributed by atoms with Gasteiger partial charge in [-0.3, -0.25) is 14.9 Å². The molecule has 0 fully saturated rings. The van der Waals surface area contributed by atoms with Gasteiger partial charge in [0.05, 0.1) is 16.4 Å². The number of nitrogens with zero attached hydrogens (tertiary/aromatic N) is 1. The molecule has 0 amide bonds. The number of hydrogen-bond acceptors (Lipinski definition) is 5. The molecule has 0 aliphatic carbocycles. The number of nitro benzene ring substituents is 1. The van der Waals surface area contributed by atoms with E-state index in [9.17, 15) is 19.7 Å². The average molecular weight is 311 g/mol. The van der Waals surface area contributed by atoms with Crippen molar-refractivity contribution in [2.45, 2.75) is 19.8 Å². The molecule has 23 heavy (non-hydrogen) atoms. The molecule has 0 unspecified atom stereocenters. The monoisotopic (exact) mass is 311 g/mol. The molecular weight excluding hydrogens is 298 g/mol. The predicted molar refractivity (Wildman–Crippen MR) is 85.9 cm³/mol. The fourth-order valence-corrected chi connectivity index (χ4v) is 2.65. The van der Waals surface area contributed by atoms with Crippen molar-refractivity contribution in [1.82, 2.24) is 0 Å². The van der Waals surface area contributed by atoms with E-state index in [1.165, 1.54) is 12.1 Å². The fraction of sp³-hybridized carbons (Fsp3) is 0.176. The number of carbonyl (C=O) groups excluding carboxylic acids is 1. The number of fused-ring (bicyclic) bond motifs is 3. The second-order valence-electron chi connectivity index (χ2n) is 5.23. The quantitative estimate of drug-likeness (QED) is 0.240. The first-order valence-corrected chi connectivity index (χ1v) is 7.20. The maximum atomic E-state index is 12.1. The molecule has 116 valence electrons. The van der Waals surface area contributed by atoms with Crippen molar-refractivity contribution in [3.8, 4) is 0 Å². The number of non-ortho nitro benzene ring substituents is 1. The van der Waals surface area contributed by atoms with E-state index < -0.39 is 10.5 Å². The molecule has 0 atom stereocenters. The summed E-state index contributed by atoms with van der Waals surface area (Å²) < 4.78 is 5.18. The van der Waals surface area contributed by atoms with Crippen molar-refractivity contribution in [1.29, 1.82) is 0 Å². The van der Waals surface area contributed by atoms with Crippen LogP contribution in [0.25, 0.3) is 21.7 Å². The zero-order chi connectivity index (χ0) is 16.6. The first kappa shape index (κ1) is 14.9. The summed E-state index contributed by atoms with van der Waals surface area (Å²) in [5, 5.41) is 12.8. The molecule has 0 bridgehead atoms. The summed E-state index contributed by atoms with van der Waals surface area (Å²) in [6.07, 6.45) is 0.874. The van der Waals surface area contributed by atoms with Gasteiger partial charge >= 0.3 is 5.63 Å². The first-order chi connectivity index (χ1) is 11.0. The van der Waals surface area contributed by atoms with Crippen LogP contribution in [0.3, 0.4) is 0 Å². The van der Waals surface area contributed by atoms with Crippen LogP contribution in [-0.2, 0) is 0 Å². The molecule has 0 radical (unpaired) electrons. The van der Waals surface area contributed by atoms with Gasteiger partial charge < -0.3 is 4.42 Å². The molecular formula is C17H13NO5. The highest BCUT2D eigenvalue weighted by Crippen LogP contribution is 2.33. The summed E-state index contributed by atoms with van der Waals surface area (Å²) in [5.74, 6) is -0.286. The van der Waals surface area contributed by atoms with Crippen LogP contribution in [0.4, 0.5) is 5.69 Å². The third-order valence-electron chi connectivity index (χ3n) is 3.71. The normalized spacial score (nSPS) is 11.0. The van der Waals surface area contributed by atoms with Crippen LogP contribution < -0.4 is 5.63 Å². The van der Waals surface area contributed by atoms with Crippen LogP contribution in [0.2, 0.25) is 0 Å². The molecule has 2 aromatic carbocycles. The van der Waals surface area contributed by atoms with Crippen LogP contribution in [-0.4, -0.2) is 10.7 Å². The van der Waals surface area contributed by atoms with Crippen molar-refractivity contribution in [2.24, 2.45) is 0 Å². The zero-order valence-electron chi connectivity index (χ0n) is 12.4. The van der Waals surface area contributed by atoms with Gasteiger partial charge in [0, 0.05) is 11.8 Å². The number of rotatable bonds is 4. The van der Waals surface area contributed by atoms with Gasteiger partial charge in [-0.05, 0) is 23.9 Å². The van der Waals surface area contributed by atoms with Crippen molar-refractivity contribution in [3.05, 3.63) is 62.5 Å². The maximum absolute atomic E-state index is 12.1. The van der Waals surface area contributed by atoms with E-state index >= 15 is 0 Å². The molecule has 0 saturated carbocycles. The summed E-state index contributed by atoms with van der Waals surface area (Å²) >= 11 is 0. The smallest absolute Gasteiger partial charge is 0.347 e. The number of nitro groups is 1. The molecule has 0 N–H and O–H groups in total. The number of Topliss-reactive ketones (excluding diaryl/α,β-unsaturated/α-hetero) is 1. The Morgan fingerprint density at radius 1 is 1.17 bits per heavy atom. The molecule has 6 heteroatoms. The third kappa shape index (κ3) is 2.48. The second-order valence-corrected chi connectivity index (χ2v) is 5.23. The maximum Gasteiger partial charge on any atom is 0.347 e. The molecule has 1 heterocycles. The second kappa shape index (κ2) is 5.64. The Hall–Kier alpha value is -3.02. The molecule has 6 nitrogen and oxygen atoms in total. The lowest BCUT2D eigenvalue weighted by Gasteiger charge is -2.06. The Bertz CT molecular complexity index is 1000. The third-order valence-corrected chi connectivity index (χ3v) is 3.71. The van der Waals surface area contributed by atoms with Crippen LogP contribution >= 0.6 is 0 Å². The molecule has 3 rings (SSSR count). The van der Waals surface area contributed by atoms with Crippen molar-refractivity contribution in [3.63, 3.8) is 0 Å². The summed E-state index contributed by atoms with van der Waals surface area (Å²) in [5.41, 5.74) is -0.809. The van der Waals surface area contributed by atoms with Gasteiger partial charge in [0.2, 0.25) is 0 Å². The highest BCUT2D eigenvalue weighted by atomic mass is 16.6. The van der Waals surface area contributed by atoms with Gasteiger partial charge in [0.1, 0.15) is 11.1 Å². The number of hydrogen-bond donors (Lipinski definition) is 0. The van der Waals surface area contributed by atoms with Crippen LogP contribution in [0.5, 0.6) is 0 Å². The Labute approximate surface area is 130 Å². The van der Waals surface area contributed by atoms with Crippen LogP contribution in [0.1, 0.15) is 30.1 Å². The highest BCUT2D eigenvalue weighted by molar-refractivity contribution is 6.11. The van der Waals surface area contributed by atoms with Gasteiger partial charge in [0.25, 0.3) is 5.69 Å². The van der Waals surface area contributed by atoms with Crippen LogP contribution in [0.15, 0.2) is 45.6 Å². The summed E-state index contributed by atoms with van der Waals surface area (Å²) in [4.78, 5) is 34.8. The predicted octanol–water partition coefficient (Wildman–Crippen LogP) is 3.84. The largest absolute Gasteiger partial charge is 0.422 e. The van der Waals surface area contributed by atoms with E-state index in [1.54, 1.807) is 24.3 Å². The van der Waals surface area contributed by atoms with E-state index in [-0.39, 0.29) is 29.0 Å². The topological polar surface area (TPSA) is 90.4 Å². The Balaban J connectivity index is 2.41. The summed E-state index contributed by atoms with van der Waals surface area (Å²) in [7, 11) is 0. The minimum absolute atomic E-state index is 0.0154. The standard InChI is InChI=1S/C17H13NO5/c1-2-5-15(19)13-8-12-10-6-3-4-7-11(10)14(18(21)22)9-16(12)23-17(13)20/h3-4,6-9H,2,5H2,1H3. The fourth-order valence-electron chi connectivity index (χ4n) is 2.65. The molecule has 0 spiro atoms. The summed E-state index contributed by atoms with van der Waals surface area (Å²) in [6.45, 7) is 1.85. The molecule has 0 saturated heterocycles. The van der Waals surface area contributed by atoms with Crippen LogP contribution in [0, 0.1) is 10.1 Å². The lowest BCUT2D eigenvalue weighted by molar-refractivity contribution is -0.383. The number of carbonyl (C=O) groups is 1. The van der Waals surface area contributed by atoms with Gasteiger partial charge in [-0.25, -0.2) is 4.79 Å². The number of ketones is 1. The van der Waals surface area contributed by atoms with Crippen molar-refractivity contribution >= 4 is 33.2 Å². The molecule has 0 aliphatic heterocycles. The SMILES string of the molecule is CCCC(=O)c1cc2c(cc([N+](=O)[O-])c3ccccc32)oc1=O. The van der Waals surface area contributed by atoms with E-state index in [0.29, 0.717) is 22.6 Å². The Morgan fingerprint density at radius 3 is 2.52 bits per heavy atom. The van der Waals surface area contributed by atoms with Crippen molar-refractivity contribution < 1.29 is 14.1 Å². The highest BCUT2D eigenvalue weighted by Gasteiger charge is 2.19. The van der Waals surface area contributed by atoms with E-state index in [2.05, 4.69) is 0 Å². The van der Waals surface area contributed by atoms with Crippen molar-refractivity contribution in [2.75, 3.05) is 0 Å². The lowest BCUT2D eigenvalue weighted by Crippen LogP contribution is -2.13. The minimum Gasteiger partial charge on any atom is -0.422 e. The minimum atomic E-state index is -0.763.